The van der Waals surface area contributed by atoms with Crippen LogP contribution < -0.4 is 5.32 Å². The number of nitrogens with one attached hydrogen (secondary N) is 1. The number of aliphatic hydroxyl groups excluding tert-OH is 1. The van der Waals surface area contributed by atoms with Gasteiger partial charge >= 0.3 is 0 Å². The summed E-state index contributed by atoms with van der Waals surface area (Å²) in [5.74, 6) is 0.341. The average molecular weight is 282 g/mol. The Morgan fingerprint density at radius 3 is 3.16 bits per heavy atom. The van der Waals surface area contributed by atoms with Crippen LogP contribution in [-0.4, -0.2) is 48.2 Å². The molecule has 0 spiro atoms. The molecule has 0 saturated carbocycles. The number of amides is 1. The quantitative estimate of drug-likeness (QED) is 0.850. The summed E-state index contributed by atoms with van der Waals surface area (Å²) >= 11 is 1.72. The van der Waals surface area contributed by atoms with Crippen LogP contribution in [0, 0.1) is 5.92 Å². The van der Waals surface area contributed by atoms with Crippen LogP contribution in [0.4, 0.5) is 0 Å². The van der Waals surface area contributed by atoms with Gasteiger partial charge in [-0.05, 0) is 30.2 Å². The molecule has 0 aromatic carbocycles. The maximum absolute atomic E-state index is 11.8. The smallest absolute Gasteiger partial charge is 0.234 e. The normalized spacial score (nSPS) is 24.3. The van der Waals surface area contributed by atoms with E-state index in [-0.39, 0.29) is 17.9 Å². The number of hydrogen-bond acceptors (Lipinski definition) is 4. The number of aliphatic hydroxyl groups is 1. The number of carbonyl (C=O) groups excluding carboxylic acids is 1. The van der Waals surface area contributed by atoms with E-state index in [1.807, 2.05) is 13.0 Å². The summed E-state index contributed by atoms with van der Waals surface area (Å²) in [4.78, 5) is 15.2. The van der Waals surface area contributed by atoms with E-state index in [1.54, 1.807) is 11.3 Å². The van der Waals surface area contributed by atoms with E-state index in [4.69, 9.17) is 0 Å². The van der Waals surface area contributed by atoms with Crippen molar-refractivity contribution in [2.45, 2.75) is 25.9 Å². The summed E-state index contributed by atoms with van der Waals surface area (Å²) in [6, 6.07) is 4.12. The second-order valence-corrected chi connectivity index (χ2v) is 6.28. The van der Waals surface area contributed by atoms with Crippen molar-refractivity contribution in [1.29, 1.82) is 0 Å². The number of piperidine rings is 1. The van der Waals surface area contributed by atoms with Gasteiger partial charge in [-0.25, -0.2) is 0 Å². The molecule has 1 fully saturated rings. The first-order valence-electron chi connectivity index (χ1n) is 6.84. The maximum atomic E-state index is 11.8. The van der Waals surface area contributed by atoms with Crippen LogP contribution in [0.3, 0.4) is 0 Å². The van der Waals surface area contributed by atoms with Crippen molar-refractivity contribution >= 4 is 17.2 Å². The van der Waals surface area contributed by atoms with Crippen molar-refractivity contribution in [2.24, 2.45) is 5.92 Å². The Bertz CT molecular complexity index is 394. The molecule has 1 saturated heterocycles. The minimum Gasteiger partial charge on any atom is -0.393 e. The number of thiophene rings is 1. The fourth-order valence-electron chi connectivity index (χ4n) is 2.40. The van der Waals surface area contributed by atoms with Gasteiger partial charge in [0.25, 0.3) is 0 Å². The topological polar surface area (TPSA) is 52.6 Å². The molecule has 2 rings (SSSR count). The highest BCUT2D eigenvalue weighted by Crippen LogP contribution is 2.15. The minimum atomic E-state index is -0.210. The summed E-state index contributed by atoms with van der Waals surface area (Å²) < 4.78 is 0. The number of likely N-dealkylation sites (tertiary alicyclic amines) is 1. The second kappa shape index (κ2) is 7.03. The molecule has 2 atom stereocenters. The van der Waals surface area contributed by atoms with E-state index in [0.29, 0.717) is 13.1 Å². The van der Waals surface area contributed by atoms with Crippen LogP contribution in [0.5, 0.6) is 0 Å². The minimum absolute atomic E-state index is 0.0835. The molecule has 0 bridgehead atoms. The first-order valence-corrected chi connectivity index (χ1v) is 7.72. The zero-order valence-corrected chi connectivity index (χ0v) is 12.2. The lowest BCUT2D eigenvalue weighted by atomic mass is 9.97. The summed E-state index contributed by atoms with van der Waals surface area (Å²) in [5, 5.41) is 14.7. The van der Waals surface area contributed by atoms with Gasteiger partial charge in [0, 0.05) is 24.5 Å². The van der Waals surface area contributed by atoms with Gasteiger partial charge in [0.05, 0.1) is 12.6 Å². The van der Waals surface area contributed by atoms with Crippen molar-refractivity contribution in [2.75, 3.05) is 26.2 Å². The monoisotopic (exact) mass is 282 g/mol. The molecule has 1 aromatic heterocycles. The molecule has 2 unspecified atom stereocenters. The van der Waals surface area contributed by atoms with Gasteiger partial charge in [0.15, 0.2) is 0 Å². The Labute approximate surface area is 118 Å². The lowest BCUT2D eigenvalue weighted by molar-refractivity contribution is -0.123. The van der Waals surface area contributed by atoms with Crippen LogP contribution in [0.15, 0.2) is 17.5 Å². The highest BCUT2D eigenvalue weighted by Gasteiger charge is 2.25. The number of hydrogen-bond donors (Lipinski definition) is 2. The predicted octanol–water partition coefficient (Wildman–Crippen LogP) is 1.11. The van der Waals surface area contributed by atoms with Gasteiger partial charge in [0.2, 0.25) is 5.91 Å². The summed E-state index contributed by atoms with van der Waals surface area (Å²) in [6.07, 6.45) is 1.46. The van der Waals surface area contributed by atoms with Crippen LogP contribution >= 0.6 is 11.3 Å². The molecule has 2 heterocycles. The maximum Gasteiger partial charge on any atom is 0.234 e. The standard InChI is InChI=1S/C14H22N2O2S/c1-11-9-16(7-5-13(11)17)10-14(18)15-6-4-12-3-2-8-19-12/h2-3,8,11,13,17H,4-7,9-10H2,1H3,(H,15,18). The van der Waals surface area contributed by atoms with E-state index >= 15 is 0 Å². The second-order valence-electron chi connectivity index (χ2n) is 5.25. The van der Waals surface area contributed by atoms with E-state index in [2.05, 4.69) is 21.7 Å². The highest BCUT2D eigenvalue weighted by atomic mass is 32.1. The molecule has 1 aromatic rings. The Morgan fingerprint density at radius 1 is 1.63 bits per heavy atom. The van der Waals surface area contributed by atoms with Crippen LogP contribution in [0.2, 0.25) is 0 Å². The number of rotatable bonds is 5. The average Bonchev–Trinajstić information content (AvgIpc) is 2.87. The zero-order valence-electron chi connectivity index (χ0n) is 11.3. The highest BCUT2D eigenvalue weighted by molar-refractivity contribution is 7.09. The van der Waals surface area contributed by atoms with Crippen molar-refractivity contribution in [3.05, 3.63) is 22.4 Å². The summed E-state index contributed by atoms with van der Waals surface area (Å²) in [5.41, 5.74) is 0. The van der Waals surface area contributed by atoms with Gasteiger partial charge in [0.1, 0.15) is 0 Å². The first kappa shape index (κ1) is 14.5. The third-order valence-corrected chi connectivity index (χ3v) is 4.52. The van der Waals surface area contributed by atoms with Crippen molar-refractivity contribution in [3.8, 4) is 0 Å². The van der Waals surface area contributed by atoms with Crippen LogP contribution in [-0.2, 0) is 11.2 Å². The summed E-state index contributed by atoms with van der Waals surface area (Å²) in [7, 11) is 0. The molecule has 106 valence electrons. The molecule has 1 amide bonds. The molecule has 0 aliphatic carbocycles. The van der Waals surface area contributed by atoms with Gasteiger partial charge < -0.3 is 10.4 Å². The van der Waals surface area contributed by atoms with Crippen molar-refractivity contribution in [1.82, 2.24) is 10.2 Å². The molecular formula is C14H22N2O2S. The number of nitrogens with zero attached hydrogens (tertiary/aromatic N) is 1. The Balaban J connectivity index is 1.64. The van der Waals surface area contributed by atoms with Gasteiger partial charge in [-0.3, -0.25) is 9.69 Å². The Kier molecular flexibility index (Phi) is 5.36. The van der Waals surface area contributed by atoms with Gasteiger partial charge in [-0.15, -0.1) is 11.3 Å². The molecule has 1 aliphatic heterocycles. The zero-order chi connectivity index (χ0) is 13.7. The largest absolute Gasteiger partial charge is 0.393 e. The molecule has 0 radical (unpaired) electrons. The number of carbonyl (C=O) groups is 1. The Morgan fingerprint density at radius 2 is 2.47 bits per heavy atom. The Hall–Kier alpha value is -0.910. The van der Waals surface area contributed by atoms with Crippen LogP contribution in [0.1, 0.15) is 18.2 Å². The van der Waals surface area contributed by atoms with Crippen molar-refractivity contribution in [3.63, 3.8) is 0 Å². The third kappa shape index (κ3) is 4.60. The molecular weight excluding hydrogens is 260 g/mol. The molecule has 19 heavy (non-hydrogen) atoms. The molecule has 1 aliphatic rings. The van der Waals surface area contributed by atoms with Gasteiger partial charge in [-0.1, -0.05) is 13.0 Å². The molecule has 2 N–H and O–H groups in total. The molecule has 5 heteroatoms. The lowest BCUT2D eigenvalue weighted by Crippen LogP contribution is -2.46. The van der Waals surface area contributed by atoms with E-state index in [9.17, 15) is 9.90 Å². The van der Waals surface area contributed by atoms with E-state index < -0.39 is 0 Å². The summed E-state index contributed by atoms with van der Waals surface area (Å²) in [6.45, 7) is 4.79. The van der Waals surface area contributed by atoms with Crippen molar-refractivity contribution < 1.29 is 9.90 Å². The third-order valence-electron chi connectivity index (χ3n) is 3.59. The lowest BCUT2D eigenvalue weighted by Gasteiger charge is -2.33. The predicted molar refractivity (Wildman–Crippen MR) is 77.3 cm³/mol. The van der Waals surface area contributed by atoms with E-state index in [0.717, 1.165) is 25.9 Å². The molecule has 4 nitrogen and oxygen atoms in total. The SMILES string of the molecule is CC1CN(CC(=O)NCCc2cccs2)CCC1O. The van der Waals surface area contributed by atoms with Crippen LogP contribution in [0.25, 0.3) is 0 Å². The fraction of sp³-hybridized carbons (Fsp3) is 0.643. The van der Waals surface area contributed by atoms with E-state index in [1.165, 1.54) is 4.88 Å². The first-order chi connectivity index (χ1) is 9.15. The fourth-order valence-corrected chi connectivity index (χ4v) is 3.11. The van der Waals surface area contributed by atoms with Gasteiger partial charge in [-0.2, -0.15) is 0 Å².